The van der Waals surface area contributed by atoms with Crippen molar-refractivity contribution >= 4 is 17.4 Å². The molecule has 0 aliphatic heterocycles. The number of nitrogens with zero attached hydrogens (tertiary/aromatic N) is 4. The fraction of sp³-hybridized carbons (Fsp3) is 0.217. The summed E-state index contributed by atoms with van der Waals surface area (Å²) in [5.41, 5.74) is 4.13. The van der Waals surface area contributed by atoms with Crippen molar-refractivity contribution in [1.82, 2.24) is 19.6 Å². The third-order valence-electron chi connectivity index (χ3n) is 4.99. The van der Waals surface area contributed by atoms with Crippen molar-refractivity contribution < 1.29 is 4.79 Å². The lowest BCUT2D eigenvalue weighted by atomic mass is 9.99. The second-order valence-corrected chi connectivity index (χ2v) is 7.11. The maximum Gasteiger partial charge on any atom is 0.258 e. The third-order valence-corrected chi connectivity index (χ3v) is 4.99. The Morgan fingerprint density at radius 1 is 1.14 bits per heavy atom. The average molecular weight is 385 g/mol. The van der Waals surface area contributed by atoms with Crippen LogP contribution in [0.4, 0.5) is 5.82 Å². The van der Waals surface area contributed by atoms with Crippen LogP contribution < -0.4 is 5.32 Å². The van der Waals surface area contributed by atoms with Gasteiger partial charge in [0, 0.05) is 29.6 Å². The van der Waals surface area contributed by atoms with E-state index in [2.05, 4.69) is 29.2 Å². The Morgan fingerprint density at radius 2 is 1.97 bits per heavy atom. The summed E-state index contributed by atoms with van der Waals surface area (Å²) in [7, 11) is 0. The number of fused-ring (bicyclic) bond motifs is 1. The van der Waals surface area contributed by atoms with Crippen LogP contribution in [-0.4, -0.2) is 25.5 Å². The molecule has 0 radical (unpaired) electrons. The Balaban J connectivity index is 1.82. The van der Waals surface area contributed by atoms with Crippen LogP contribution in [0.25, 0.3) is 16.9 Å². The smallest absolute Gasteiger partial charge is 0.258 e. The predicted octanol–water partition coefficient (Wildman–Crippen LogP) is 4.95. The number of benzene rings is 1. The first-order valence-corrected chi connectivity index (χ1v) is 9.83. The molecule has 146 valence electrons. The normalized spacial score (nSPS) is 12.1. The summed E-state index contributed by atoms with van der Waals surface area (Å²) < 4.78 is 1.71. The lowest BCUT2D eigenvalue weighted by Gasteiger charge is -2.12. The number of carbonyl (C=O) groups excluding carboxylic acids is 1. The molecule has 4 aromatic rings. The zero-order valence-corrected chi connectivity index (χ0v) is 16.5. The van der Waals surface area contributed by atoms with Crippen molar-refractivity contribution in [2.75, 3.05) is 5.32 Å². The standard InChI is InChI=1S/C23H23N5O/c1-3-8-16(2)19-15-25-28-21(27-23(29)18-11-7-12-24-14-18)13-20(26-22(19)28)17-9-5-4-6-10-17/h4-7,9-16H,3,8H2,1-2H3,(H,27,29). The first-order valence-electron chi connectivity index (χ1n) is 9.83. The minimum Gasteiger partial charge on any atom is -0.306 e. The van der Waals surface area contributed by atoms with Gasteiger partial charge < -0.3 is 5.32 Å². The number of amides is 1. The number of nitrogens with one attached hydrogen (secondary N) is 1. The van der Waals surface area contributed by atoms with Gasteiger partial charge in [0.1, 0.15) is 5.82 Å². The van der Waals surface area contributed by atoms with E-state index in [-0.39, 0.29) is 5.91 Å². The topological polar surface area (TPSA) is 72.2 Å². The molecule has 0 bridgehead atoms. The Hall–Kier alpha value is -3.54. The first kappa shape index (κ1) is 18.8. The van der Waals surface area contributed by atoms with Gasteiger partial charge in [-0.3, -0.25) is 9.78 Å². The molecule has 6 nitrogen and oxygen atoms in total. The van der Waals surface area contributed by atoms with Crippen LogP contribution in [0, 0.1) is 0 Å². The molecular formula is C23H23N5O. The molecule has 4 rings (SSSR count). The summed E-state index contributed by atoms with van der Waals surface area (Å²) in [4.78, 5) is 21.6. The predicted molar refractivity (Wildman–Crippen MR) is 114 cm³/mol. The highest BCUT2D eigenvalue weighted by molar-refractivity contribution is 6.03. The zero-order valence-electron chi connectivity index (χ0n) is 16.5. The van der Waals surface area contributed by atoms with Crippen molar-refractivity contribution in [2.45, 2.75) is 32.6 Å². The van der Waals surface area contributed by atoms with Gasteiger partial charge in [-0.05, 0) is 24.5 Å². The van der Waals surface area contributed by atoms with E-state index in [1.807, 2.05) is 42.6 Å². The van der Waals surface area contributed by atoms with Crippen molar-refractivity contribution in [3.05, 3.63) is 78.2 Å². The number of rotatable bonds is 6. The number of pyridine rings is 1. The Labute approximate surface area is 169 Å². The van der Waals surface area contributed by atoms with Crippen molar-refractivity contribution in [2.24, 2.45) is 0 Å². The minimum atomic E-state index is -0.233. The maximum atomic E-state index is 12.7. The lowest BCUT2D eigenvalue weighted by Crippen LogP contribution is -2.15. The van der Waals surface area contributed by atoms with Gasteiger partial charge in [-0.1, -0.05) is 50.6 Å². The van der Waals surface area contributed by atoms with Gasteiger partial charge >= 0.3 is 0 Å². The molecule has 1 amide bonds. The second kappa shape index (κ2) is 8.22. The van der Waals surface area contributed by atoms with Gasteiger partial charge in [0.05, 0.1) is 17.5 Å². The molecule has 1 unspecified atom stereocenters. The molecule has 0 aliphatic carbocycles. The van der Waals surface area contributed by atoms with Gasteiger partial charge in [-0.2, -0.15) is 9.61 Å². The van der Waals surface area contributed by atoms with Crippen LogP contribution in [0.3, 0.4) is 0 Å². The van der Waals surface area contributed by atoms with Crippen molar-refractivity contribution in [3.8, 4) is 11.3 Å². The average Bonchev–Trinajstić information content (AvgIpc) is 3.19. The Kier molecular flexibility index (Phi) is 5.33. The van der Waals surface area contributed by atoms with Crippen LogP contribution in [0.2, 0.25) is 0 Å². The molecule has 1 N–H and O–H groups in total. The fourth-order valence-electron chi connectivity index (χ4n) is 3.45. The second-order valence-electron chi connectivity index (χ2n) is 7.11. The van der Waals surface area contributed by atoms with Crippen LogP contribution >= 0.6 is 0 Å². The van der Waals surface area contributed by atoms with E-state index in [0.717, 1.165) is 35.3 Å². The fourth-order valence-corrected chi connectivity index (χ4v) is 3.45. The number of hydrogen-bond donors (Lipinski definition) is 1. The molecule has 1 aromatic carbocycles. The van der Waals surface area contributed by atoms with E-state index in [0.29, 0.717) is 17.3 Å². The maximum absolute atomic E-state index is 12.7. The number of anilines is 1. The monoisotopic (exact) mass is 385 g/mol. The molecular weight excluding hydrogens is 362 g/mol. The highest BCUT2D eigenvalue weighted by atomic mass is 16.1. The first-order chi connectivity index (χ1) is 14.2. The zero-order chi connectivity index (χ0) is 20.2. The van der Waals surface area contributed by atoms with E-state index in [1.165, 1.54) is 0 Å². The van der Waals surface area contributed by atoms with E-state index in [9.17, 15) is 4.79 Å². The third kappa shape index (κ3) is 3.87. The van der Waals surface area contributed by atoms with Crippen molar-refractivity contribution in [1.29, 1.82) is 0 Å². The number of carbonyl (C=O) groups is 1. The van der Waals surface area contributed by atoms with Gasteiger partial charge in [-0.15, -0.1) is 0 Å². The van der Waals surface area contributed by atoms with E-state index >= 15 is 0 Å². The van der Waals surface area contributed by atoms with E-state index < -0.39 is 0 Å². The SMILES string of the molecule is CCCC(C)c1cnn2c(NC(=O)c3cccnc3)cc(-c3ccccc3)nc12. The lowest BCUT2D eigenvalue weighted by molar-refractivity contribution is 0.102. The summed E-state index contributed by atoms with van der Waals surface area (Å²) in [6.07, 6.45) is 7.18. The molecule has 0 saturated heterocycles. The van der Waals surface area contributed by atoms with E-state index in [4.69, 9.17) is 4.98 Å². The molecule has 3 heterocycles. The largest absolute Gasteiger partial charge is 0.306 e. The molecule has 6 heteroatoms. The highest BCUT2D eigenvalue weighted by Gasteiger charge is 2.18. The molecule has 3 aromatic heterocycles. The Morgan fingerprint density at radius 3 is 2.69 bits per heavy atom. The van der Waals surface area contributed by atoms with Gasteiger partial charge in [0.2, 0.25) is 0 Å². The molecule has 1 atom stereocenters. The van der Waals surface area contributed by atoms with Crippen LogP contribution in [-0.2, 0) is 0 Å². The quantitative estimate of drug-likeness (QED) is 0.510. The summed E-state index contributed by atoms with van der Waals surface area (Å²) >= 11 is 0. The number of hydrogen-bond acceptors (Lipinski definition) is 4. The molecule has 0 spiro atoms. The molecule has 0 saturated carbocycles. The van der Waals surface area contributed by atoms with E-state index in [1.54, 1.807) is 29.0 Å². The van der Waals surface area contributed by atoms with Gasteiger partial charge in [0.25, 0.3) is 5.91 Å². The molecule has 0 fully saturated rings. The number of aromatic nitrogens is 4. The summed E-state index contributed by atoms with van der Waals surface area (Å²) in [5, 5.41) is 7.50. The molecule has 0 aliphatic rings. The van der Waals surface area contributed by atoms with Crippen LogP contribution in [0.5, 0.6) is 0 Å². The Bertz CT molecular complexity index is 1120. The van der Waals surface area contributed by atoms with Gasteiger partial charge in [-0.25, -0.2) is 4.98 Å². The van der Waals surface area contributed by atoms with Crippen molar-refractivity contribution in [3.63, 3.8) is 0 Å². The van der Waals surface area contributed by atoms with Crippen LogP contribution in [0.1, 0.15) is 48.5 Å². The van der Waals surface area contributed by atoms with Gasteiger partial charge in [0.15, 0.2) is 5.65 Å². The summed E-state index contributed by atoms with van der Waals surface area (Å²) in [5.74, 6) is 0.679. The minimum absolute atomic E-state index is 0.233. The molecule has 29 heavy (non-hydrogen) atoms. The highest BCUT2D eigenvalue weighted by Crippen LogP contribution is 2.29. The summed E-state index contributed by atoms with van der Waals surface area (Å²) in [6.45, 7) is 4.36. The van der Waals surface area contributed by atoms with Crippen LogP contribution in [0.15, 0.2) is 67.1 Å². The summed E-state index contributed by atoms with van der Waals surface area (Å²) in [6, 6.07) is 15.3.